The van der Waals surface area contributed by atoms with Crippen LogP contribution in [-0.4, -0.2) is 9.55 Å². The Morgan fingerprint density at radius 2 is 1.55 bits per heavy atom. The zero-order chi connectivity index (χ0) is 21.4. The number of rotatable bonds is 5. The fraction of sp³-hybridized carbons (Fsp3) is 0.115. The summed E-state index contributed by atoms with van der Waals surface area (Å²) in [6, 6.07) is 22.9. The molecule has 5 aromatic rings. The second kappa shape index (κ2) is 8.51. The second-order valence-electron chi connectivity index (χ2n) is 7.65. The normalized spacial score (nSPS) is 11.3. The molecule has 31 heavy (non-hydrogen) atoms. The minimum Gasteiger partial charge on any atom is -0.340 e. The third-order valence-electron chi connectivity index (χ3n) is 5.68. The van der Waals surface area contributed by atoms with Crippen LogP contribution in [-0.2, 0) is 13.0 Å². The molecule has 0 radical (unpaired) electrons. The average molecular weight is 463 g/mol. The minimum absolute atomic E-state index is 0.759. The predicted octanol–water partition coefficient (Wildman–Crippen LogP) is 8.02. The lowest BCUT2D eigenvalue weighted by Crippen LogP contribution is -2.02. The fourth-order valence-electron chi connectivity index (χ4n) is 4.06. The molecule has 2 heterocycles. The van der Waals surface area contributed by atoms with E-state index in [2.05, 4.69) is 58.9 Å². The Hall–Kier alpha value is -2.59. The van der Waals surface area contributed by atoms with E-state index in [4.69, 9.17) is 23.2 Å². The van der Waals surface area contributed by atoms with Gasteiger partial charge in [0.15, 0.2) is 0 Å². The van der Waals surface area contributed by atoms with Crippen LogP contribution in [0.5, 0.6) is 0 Å². The molecule has 154 valence electrons. The predicted molar refractivity (Wildman–Crippen MR) is 133 cm³/mol. The summed E-state index contributed by atoms with van der Waals surface area (Å²) in [6.07, 6.45) is 2.71. The zero-order valence-corrected chi connectivity index (χ0v) is 19.3. The van der Waals surface area contributed by atoms with Gasteiger partial charge in [0.2, 0.25) is 0 Å². The molecule has 0 bridgehead atoms. The first kappa shape index (κ1) is 20.3. The lowest BCUT2D eigenvalue weighted by molar-refractivity contribution is 0.798. The minimum atomic E-state index is 0.759. The molecule has 0 unspecified atom stereocenters. The number of aromatic nitrogens is 2. The van der Waals surface area contributed by atoms with Crippen LogP contribution in [0.15, 0.2) is 78.3 Å². The first-order chi connectivity index (χ1) is 15.1. The highest BCUT2D eigenvalue weighted by atomic mass is 35.5. The molecule has 3 aromatic carbocycles. The number of hydrogen-bond donors (Lipinski definition) is 0. The summed E-state index contributed by atoms with van der Waals surface area (Å²) in [5.41, 5.74) is 7.48. The summed E-state index contributed by atoms with van der Waals surface area (Å²) in [4.78, 5) is 4.51. The molecule has 0 spiro atoms. The van der Waals surface area contributed by atoms with Crippen LogP contribution in [0.1, 0.15) is 22.4 Å². The van der Waals surface area contributed by atoms with Gasteiger partial charge in [-0.05, 0) is 72.5 Å². The van der Waals surface area contributed by atoms with Gasteiger partial charge in [-0.2, -0.15) is 0 Å². The maximum Gasteiger partial charge on any atom is 0.123 e. The van der Waals surface area contributed by atoms with Gasteiger partial charge in [-0.25, -0.2) is 4.98 Å². The number of thiazole rings is 1. The summed E-state index contributed by atoms with van der Waals surface area (Å²) in [5.74, 6) is 0. The van der Waals surface area contributed by atoms with Crippen molar-refractivity contribution in [2.24, 2.45) is 0 Å². The smallest absolute Gasteiger partial charge is 0.123 e. The molecule has 2 aromatic heterocycles. The van der Waals surface area contributed by atoms with Crippen molar-refractivity contribution < 1.29 is 0 Å². The first-order valence-corrected chi connectivity index (χ1v) is 11.7. The summed E-state index contributed by atoms with van der Waals surface area (Å²) in [6.45, 7) is 3.01. The standard InChI is InChI=1S/C26H20Cl2N2S/c1-17-23(14-18-2-7-21(27)8-3-18)24-15-20(26-29-12-13-31-26)6-11-25(24)30(17)16-19-4-9-22(28)10-5-19/h2-13,15H,14,16H2,1H3. The van der Waals surface area contributed by atoms with E-state index in [1.165, 1.54) is 33.3 Å². The summed E-state index contributed by atoms with van der Waals surface area (Å²) in [5, 5.41) is 5.85. The van der Waals surface area contributed by atoms with Crippen LogP contribution in [0.2, 0.25) is 10.0 Å². The monoisotopic (exact) mass is 462 g/mol. The highest BCUT2D eigenvalue weighted by molar-refractivity contribution is 7.13. The Balaban J connectivity index is 1.64. The van der Waals surface area contributed by atoms with Crippen molar-refractivity contribution in [1.29, 1.82) is 0 Å². The zero-order valence-electron chi connectivity index (χ0n) is 17.0. The van der Waals surface area contributed by atoms with Crippen molar-refractivity contribution in [2.75, 3.05) is 0 Å². The topological polar surface area (TPSA) is 17.8 Å². The Labute approximate surface area is 195 Å². The molecule has 0 atom stereocenters. The van der Waals surface area contributed by atoms with Crippen LogP contribution in [0.3, 0.4) is 0 Å². The number of hydrogen-bond acceptors (Lipinski definition) is 2. The Morgan fingerprint density at radius 3 is 2.19 bits per heavy atom. The maximum absolute atomic E-state index is 6.11. The average Bonchev–Trinajstić information content (AvgIpc) is 3.40. The number of halogens is 2. The Kier molecular flexibility index (Phi) is 5.58. The van der Waals surface area contributed by atoms with Crippen molar-refractivity contribution in [2.45, 2.75) is 19.9 Å². The summed E-state index contributed by atoms with van der Waals surface area (Å²) >= 11 is 13.9. The van der Waals surface area contributed by atoms with Gasteiger partial charge in [0.1, 0.15) is 5.01 Å². The lowest BCUT2D eigenvalue weighted by Gasteiger charge is -2.10. The fourth-order valence-corrected chi connectivity index (χ4v) is 4.94. The first-order valence-electron chi connectivity index (χ1n) is 10.1. The molecule has 0 amide bonds. The highest BCUT2D eigenvalue weighted by Crippen LogP contribution is 2.33. The largest absolute Gasteiger partial charge is 0.340 e. The van der Waals surface area contributed by atoms with Gasteiger partial charge in [-0.15, -0.1) is 11.3 Å². The van der Waals surface area contributed by atoms with Crippen LogP contribution in [0.25, 0.3) is 21.5 Å². The summed E-state index contributed by atoms with van der Waals surface area (Å²) in [7, 11) is 0. The van der Waals surface area contributed by atoms with Crippen LogP contribution in [0.4, 0.5) is 0 Å². The molecule has 5 rings (SSSR count). The van der Waals surface area contributed by atoms with E-state index >= 15 is 0 Å². The third-order valence-corrected chi connectivity index (χ3v) is 7.01. The van der Waals surface area contributed by atoms with Gasteiger partial charge < -0.3 is 4.57 Å². The SMILES string of the molecule is Cc1c(Cc2ccc(Cl)cc2)c2cc(-c3nccs3)ccc2n1Cc1ccc(Cl)cc1. The molecule has 0 saturated heterocycles. The molecule has 5 heteroatoms. The van der Waals surface area contributed by atoms with E-state index in [0.29, 0.717) is 0 Å². The van der Waals surface area contributed by atoms with Gasteiger partial charge in [0, 0.05) is 50.3 Å². The molecule has 0 aliphatic heterocycles. The number of fused-ring (bicyclic) bond motifs is 1. The van der Waals surface area contributed by atoms with Gasteiger partial charge in [0.05, 0.1) is 0 Å². The van der Waals surface area contributed by atoms with E-state index in [-0.39, 0.29) is 0 Å². The van der Waals surface area contributed by atoms with Crippen LogP contribution < -0.4 is 0 Å². The maximum atomic E-state index is 6.11. The summed E-state index contributed by atoms with van der Waals surface area (Å²) < 4.78 is 2.40. The molecule has 0 N–H and O–H groups in total. The van der Waals surface area contributed by atoms with Crippen molar-refractivity contribution in [3.05, 3.63) is 111 Å². The molecule has 0 saturated carbocycles. The van der Waals surface area contributed by atoms with Gasteiger partial charge in [0.25, 0.3) is 0 Å². The molecule has 0 aliphatic carbocycles. The van der Waals surface area contributed by atoms with Gasteiger partial charge in [-0.3, -0.25) is 0 Å². The highest BCUT2D eigenvalue weighted by Gasteiger charge is 2.16. The van der Waals surface area contributed by atoms with E-state index < -0.39 is 0 Å². The molecule has 0 fully saturated rings. The Bertz CT molecular complexity index is 1340. The van der Waals surface area contributed by atoms with Gasteiger partial charge >= 0.3 is 0 Å². The van der Waals surface area contributed by atoms with E-state index in [1.807, 2.05) is 35.8 Å². The quantitative estimate of drug-likeness (QED) is 0.258. The number of nitrogens with zero attached hydrogens (tertiary/aromatic N) is 2. The van der Waals surface area contributed by atoms with Crippen molar-refractivity contribution in [3.8, 4) is 10.6 Å². The molecule has 2 nitrogen and oxygen atoms in total. The number of benzene rings is 3. The Morgan fingerprint density at radius 1 is 0.871 bits per heavy atom. The van der Waals surface area contributed by atoms with Crippen LogP contribution in [0, 0.1) is 6.92 Å². The van der Waals surface area contributed by atoms with Crippen molar-refractivity contribution in [1.82, 2.24) is 9.55 Å². The van der Waals surface area contributed by atoms with Crippen LogP contribution >= 0.6 is 34.5 Å². The van der Waals surface area contributed by atoms with E-state index in [0.717, 1.165) is 33.6 Å². The van der Waals surface area contributed by atoms with E-state index in [1.54, 1.807) is 11.3 Å². The van der Waals surface area contributed by atoms with Gasteiger partial charge in [-0.1, -0.05) is 47.5 Å². The molecular weight excluding hydrogens is 443 g/mol. The second-order valence-corrected chi connectivity index (χ2v) is 9.42. The van der Waals surface area contributed by atoms with E-state index in [9.17, 15) is 0 Å². The lowest BCUT2D eigenvalue weighted by atomic mass is 10.0. The molecular formula is C26H20Cl2N2S. The van der Waals surface area contributed by atoms with Crippen molar-refractivity contribution >= 4 is 45.4 Å². The van der Waals surface area contributed by atoms with Crippen molar-refractivity contribution in [3.63, 3.8) is 0 Å². The third kappa shape index (κ3) is 4.14. The molecule has 0 aliphatic rings.